The summed E-state index contributed by atoms with van der Waals surface area (Å²) < 4.78 is 23.5. The molecule has 0 spiro atoms. The molecule has 2 rings (SSSR count). The fourth-order valence-corrected chi connectivity index (χ4v) is 2.09. The van der Waals surface area contributed by atoms with Crippen molar-refractivity contribution < 1.29 is 18.7 Å². The van der Waals surface area contributed by atoms with Crippen LogP contribution in [0.4, 0.5) is 4.39 Å². The lowest BCUT2D eigenvalue weighted by Crippen LogP contribution is -2.46. The second-order valence-corrected chi connectivity index (χ2v) is 4.79. The van der Waals surface area contributed by atoms with Crippen LogP contribution < -0.4 is 4.74 Å². The topological polar surface area (TPSA) is 38.8 Å². The zero-order valence-corrected chi connectivity index (χ0v) is 11.3. The third-order valence-electron chi connectivity index (χ3n) is 2.84. The maximum Gasteiger partial charge on any atom is 0.260 e. The summed E-state index contributed by atoms with van der Waals surface area (Å²) in [6, 6.07) is 3.80. The lowest BCUT2D eigenvalue weighted by molar-refractivity contribution is -0.140. The van der Waals surface area contributed by atoms with E-state index in [0.717, 1.165) is 6.07 Å². The molecule has 0 bridgehead atoms. The van der Waals surface area contributed by atoms with Crippen LogP contribution in [0.25, 0.3) is 0 Å². The fraction of sp³-hybridized carbons (Fsp3) is 0.462. The first-order chi connectivity index (χ1) is 9.06. The molecular weight excluding hydrogens is 273 g/mol. The third kappa shape index (κ3) is 3.81. The zero-order chi connectivity index (χ0) is 13.8. The number of rotatable bonds is 3. The van der Waals surface area contributed by atoms with Crippen molar-refractivity contribution in [3.8, 4) is 5.75 Å². The molecule has 1 aromatic carbocycles. The third-order valence-corrected chi connectivity index (χ3v) is 3.13. The summed E-state index contributed by atoms with van der Waals surface area (Å²) in [4.78, 5) is 13.6. The van der Waals surface area contributed by atoms with E-state index < -0.39 is 5.82 Å². The molecular formula is C13H15ClFNO3. The van der Waals surface area contributed by atoms with Gasteiger partial charge in [-0.1, -0.05) is 11.6 Å². The number of carbonyl (C=O) groups is 1. The van der Waals surface area contributed by atoms with Gasteiger partial charge in [0.05, 0.1) is 17.7 Å². The smallest absolute Gasteiger partial charge is 0.260 e. The molecule has 1 atom stereocenters. The van der Waals surface area contributed by atoms with Crippen LogP contribution in [0.2, 0.25) is 5.02 Å². The summed E-state index contributed by atoms with van der Waals surface area (Å²) in [5.41, 5.74) is 0. The summed E-state index contributed by atoms with van der Waals surface area (Å²) in [5.74, 6) is -0.265. The number of morpholine rings is 1. The van der Waals surface area contributed by atoms with E-state index in [4.69, 9.17) is 21.1 Å². The van der Waals surface area contributed by atoms with Crippen LogP contribution in [0.3, 0.4) is 0 Å². The molecule has 1 aliphatic rings. The maximum atomic E-state index is 12.9. The van der Waals surface area contributed by atoms with Gasteiger partial charge in [-0.2, -0.15) is 0 Å². The van der Waals surface area contributed by atoms with Gasteiger partial charge in [0.2, 0.25) is 0 Å². The summed E-state index contributed by atoms with van der Waals surface area (Å²) in [6.07, 6.45) is 0.0344. The summed E-state index contributed by atoms with van der Waals surface area (Å²) >= 11 is 5.81. The number of hydrogen-bond acceptors (Lipinski definition) is 3. The number of carbonyl (C=O) groups excluding carboxylic acids is 1. The van der Waals surface area contributed by atoms with Crippen molar-refractivity contribution >= 4 is 17.5 Å². The molecule has 104 valence electrons. The summed E-state index contributed by atoms with van der Waals surface area (Å²) in [5, 5.41) is 0.156. The number of amides is 1. The van der Waals surface area contributed by atoms with Gasteiger partial charge < -0.3 is 14.4 Å². The van der Waals surface area contributed by atoms with Crippen LogP contribution in [0.1, 0.15) is 6.92 Å². The minimum Gasteiger partial charge on any atom is -0.482 e. The Kier molecular flexibility index (Phi) is 4.61. The Labute approximate surface area is 116 Å². The first-order valence-electron chi connectivity index (χ1n) is 6.03. The highest BCUT2D eigenvalue weighted by atomic mass is 35.5. The Hall–Kier alpha value is -1.33. The number of ether oxygens (including phenoxy) is 2. The summed E-state index contributed by atoms with van der Waals surface area (Å²) in [7, 11) is 0. The molecule has 1 fully saturated rings. The van der Waals surface area contributed by atoms with Crippen molar-refractivity contribution in [2.24, 2.45) is 0 Å². The first-order valence-corrected chi connectivity index (χ1v) is 6.41. The summed E-state index contributed by atoms with van der Waals surface area (Å²) in [6.45, 7) is 3.45. The molecule has 0 unspecified atom stereocenters. The van der Waals surface area contributed by atoms with Crippen molar-refractivity contribution in [1.29, 1.82) is 0 Å². The van der Waals surface area contributed by atoms with Crippen molar-refractivity contribution in [3.05, 3.63) is 29.0 Å². The van der Waals surface area contributed by atoms with Gasteiger partial charge in [0.15, 0.2) is 6.61 Å². The van der Waals surface area contributed by atoms with Gasteiger partial charge in [-0.25, -0.2) is 4.39 Å². The average Bonchev–Trinajstić information content (AvgIpc) is 2.37. The number of halogens is 2. The molecule has 0 saturated carbocycles. The van der Waals surface area contributed by atoms with Crippen LogP contribution in [0.15, 0.2) is 18.2 Å². The van der Waals surface area contributed by atoms with E-state index in [1.165, 1.54) is 12.1 Å². The highest BCUT2D eigenvalue weighted by Crippen LogP contribution is 2.24. The van der Waals surface area contributed by atoms with E-state index in [2.05, 4.69) is 0 Å². The van der Waals surface area contributed by atoms with E-state index in [0.29, 0.717) is 25.4 Å². The normalized spacial score (nSPS) is 19.3. The van der Waals surface area contributed by atoms with E-state index >= 15 is 0 Å². The maximum absolute atomic E-state index is 12.9. The number of benzene rings is 1. The molecule has 4 nitrogen and oxygen atoms in total. The van der Waals surface area contributed by atoms with Gasteiger partial charge in [-0.3, -0.25) is 4.79 Å². The van der Waals surface area contributed by atoms with Gasteiger partial charge in [-0.15, -0.1) is 0 Å². The van der Waals surface area contributed by atoms with Crippen molar-refractivity contribution in [1.82, 2.24) is 4.90 Å². The molecule has 0 N–H and O–H groups in total. The molecule has 1 aliphatic heterocycles. The molecule has 1 saturated heterocycles. The van der Waals surface area contributed by atoms with Crippen molar-refractivity contribution in [2.75, 3.05) is 26.3 Å². The molecule has 0 aromatic heterocycles. The van der Waals surface area contributed by atoms with Crippen LogP contribution >= 0.6 is 11.6 Å². The first kappa shape index (κ1) is 14.1. The second-order valence-electron chi connectivity index (χ2n) is 4.38. The van der Waals surface area contributed by atoms with Gasteiger partial charge in [0.25, 0.3) is 5.91 Å². The van der Waals surface area contributed by atoms with Gasteiger partial charge in [0.1, 0.15) is 11.6 Å². The zero-order valence-electron chi connectivity index (χ0n) is 10.6. The lowest BCUT2D eigenvalue weighted by atomic mass is 10.3. The second kappa shape index (κ2) is 6.21. The highest BCUT2D eigenvalue weighted by molar-refractivity contribution is 6.32. The predicted octanol–water partition coefficient (Wildman–Crippen LogP) is 2.11. The minimum atomic E-state index is -0.439. The minimum absolute atomic E-state index is 0.0344. The fourth-order valence-electron chi connectivity index (χ4n) is 1.87. The highest BCUT2D eigenvalue weighted by Gasteiger charge is 2.21. The molecule has 19 heavy (non-hydrogen) atoms. The van der Waals surface area contributed by atoms with Crippen molar-refractivity contribution in [3.63, 3.8) is 0 Å². The predicted molar refractivity (Wildman–Crippen MR) is 68.9 cm³/mol. The Balaban J connectivity index is 1.89. The molecule has 6 heteroatoms. The quantitative estimate of drug-likeness (QED) is 0.855. The lowest BCUT2D eigenvalue weighted by Gasteiger charge is -2.31. The van der Waals surface area contributed by atoms with Gasteiger partial charge in [-0.05, 0) is 25.1 Å². The number of nitrogens with zero attached hydrogens (tertiary/aromatic N) is 1. The van der Waals surface area contributed by atoms with E-state index in [-0.39, 0.29) is 23.6 Å². The SMILES string of the molecule is C[C@@H]1CN(C(=O)COc2ccc(F)cc2Cl)CCO1. The van der Waals surface area contributed by atoms with Crippen LogP contribution in [0.5, 0.6) is 5.75 Å². The molecule has 1 amide bonds. The Morgan fingerprint density at radius 3 is 3.11 bits per heavy atom. The van der Waals surface area contributed by atoms with Crippen LogP contribution in [0, 0.1) is 5.82 Å². The van der Waals surface area contributed by atoms with Crippen LogP contribution in [-0.2, 0) is 9.53 Å². The van der Waals surface area contributed by atoms with Crippen LogP contribution in [-0.4, -0.2) is 43.2 Å². The molecule has 1 aromatic rings. The molecule has 0 radical (unpaired) electrons. The largest absolute Gasteiger partial charge is 0.482 e. The van der Waals surface area contributed by atoms with Gasteiger partial charge >= 0.3 is 0 Å². The monoisotopic (exact) mass is 287 g/mol. The Bertz CT molecular complexity index is 469. The standard InChI is InChI=1S/C13H15ClFNO3/c1-9-7-16(4-5-18-9)13(17)8-19-12-3-2-10(15)6-11(12)14/h2-3,6,9H,4-5,7-8H2,1H3/t9-/m1/s1. The van der Waals surface area contributed by atoms with E-state index in [1.807, 2.05) is 6.92 Å². The van der Waals surface area contributed by atoms with E-state index in [9.17, 15) is 9.18 Å². The van der Waals surface area contributed by atoms with Gasteiger partial charge in [0, 0.05) is 13.1 Å². The molecule has 0 aliphatic carbocycles. The van der Waals surface area contributed by atoms with E-state index in [1.54, 1.807) is 4.90 Å². The Morgan fingerprint density at radius 1 is 1.63 bits per heavy atom. The van der Waals surface area contributed by atoms with Crippen molar-refractivity contribution in [2.45, 2.75) is 13.0 Å². The molecule has 1 heterocycles. The number of hydrogen-bond donors (Lipinski definition) is 0. The average molecular weight is 288 g/mol. The Morgan fingerprint density at radius 2 is 2.42 bits per heavy atom.